The number of hydrogen-bond donors (Lipinski definition) is 1. The number of nitrogens with zero attached hydrogens (tertiary/aromatic N) is 1. The van der Waals surface area contributed by atoms with Gasteiger partial charge in [-0.3, -0.25) is 4.90 Å². The molecule has 6 heteroatoms. The van der Waals surface area contributed by atoms with Crippen molar-refractivity contribution >= 4 is 35.0 Å². The molecule has 2 N–H and O–H groups in total. The molecule has 1 aromatic carbocycles. The van der Waals surface area contributed by atoms with E-state index in [-0.39, 0.29) is 12.6 Å². The third-order valence-electron chi connectivity index (χ3n) is 2.40. The molecular formula is C10H10Cl2N2O2. The van der Waals surface area contributed by atoms with E-state index in [0.717, 1.165) is 0 Å². The van der Waals surface area contributed by atoms with Gasteiger partial charge in [0.2, 0.25) is 0 Å². The van der Waals surface area contributed by atoms with Crippen LogP contribution in [0.2, 0.25) is 10.0 Å². The Bertz CT molecular complexity index is 425. The van der Waals surface area contributed by atoms with E-state index >= 15 is 0 Å². The second kappa shape index (κ2) is 4.49. The maximum absolute atomic E-state index is 11.5. The normalized spacial score (nSPS) is 20.1. The average Bonchev–Trinajstić information content (AvgIpc) is 2.60. The minimum Gasteiger partial charge on any atom is -0.447 e. The van der Waals surface area contributed by atoms with E-state index in [1.54, 1.807) is 18.2 Å². The first-order chi connectivity index (χ1) is 7.63. The van der Waals surface area contributed by atoms with Gasteiger partial charge >= 0.3 is 6.09 Å². The fourth-order valence-corrected chi connectivity index (χ4v) is 2.11. The van der Waals surface area contributed by atoms with Crippen molar-refractivity contribution < 1.29 is 9.53 Å². The number of rotatable bonds is 2. The Morgan fingerprint density at radius 1 is 1.50 bits per heavy atom. The number of carbonyl (C=O) groups excluding carboxylic acids is 1. The second-order valence-electron chi connectivity index (χ2n) is 3.43. The molecule has 0 aromatic heterocycles. The molecule has 1 unspecified atom stereocenters. The molecule has 0 spiro atoms. The summed E-state index contributed by atoms with van der Waals surface area (Å²) in [6.45, 7) is 0.610. The molecule has 1 fully saturated rings. The van der Waals surface area contributed by atoms with Gasteiger partial charge < -0.3 is 10.5 Å². The minimum absolute atomic E-state index is 0.175. The standard InChI is InChI=1S/C10H10Cl2N2O2/c11-6-1-2-9(8(12)3-6)14-7(4-13)5-16-10(14)15/h1-3,7H,4-5,13H2. The zero-order valence-electron chi connectivity index (χ0n) is 8.32. The maximum atomic E-state index is 11.5. The molecule has 2 rings (SSSR count). The van der Waals surface area contributed by atoms with Crippen molar-refractivity contribution in [3.05, 3.63) is 28.2 Å². The Labute approximate surface area is 103 Å². The minimum atomic E-state index is -0.431. The van der Waals surface area contributed by atoms with Crippen LogP contribution in [0.1, 0.15) is 0 Å². The number of halogens is 2. The van der Waals surface area contributed by atoms with Gasteiger partial charge in [0.1, 0.15) is 6.61 Å². The van der Waals surface area contributed by atoms with Gasteiger partial charge in [-0.15, -0.1) is 0 Å². The lowest BCUT2D eigenvalue weighted by atomic mass is 10.2. The summed E-state index contributed by atoms with van der Waals surface area (Å²) in [6.07, 6.45) is -0.431. The van der Waals surface area contributed by atoms with E-state index in [2.05, 4.69) is 0 Å². The third-order valence-corrected chi connectivity index (χ3v) is 2.94. The Morgan fingerprint density at radius 2 is 2.25 bits per heavy atom. The van der Waals surface area contributed by atoms with Gasteiger partial charge in [-0.05, 0) is 18.2 Å². The molecule has 1 aliphatic rings. The molecular weight excluding hydrogens is 251 g/mol. The topological polar surface area (TPSA) is 55.6 Å². The average molecular weight is 261 g/mol. The van der Waals surface area contributed by atoms with Crippen molar-refractivity contribution in [2.45, 2.75) is 6.04 Å². The highest BCUT2D eigenvalue weighted by atomic mass is 35.5. The molecule has 4 nitrogen and oxygen atoms in total. The largest absolute Gasteiger partial charge is 0.447 e. The summed E-state index contributed by atoms with van der Waals surface area (Å²) in [4.78, 5) is 13.0. The van der Waals surface area contributed by atoms with Crippen molar-refractivity contribution in [3.63, 3.8) is 0 Å². The molecule has 1 atom stereocenters. The molecule has 1 saturated heterocycles. The van der Waals surface area contributed by atoms with E-state index in [1.165, 1.54) is 4.90 Å². The lowest BCUT2D eigenvalue weighted by molar-refractivity contribution is 0.179. The van der Waals surface area contributed by atoms with Crippen LogP contribution in [0.4, 0.5) is 10.5 Å². The first-order valence-electron chi connectivity index (χ1n) is 4.74. The van der Waals surface area contributed by atoms with Crippen molar-refractivity contribution in [2.75, 3.05) is 18.1 Å². The number of carbonyl (C=O) groups is 1. The van der Waals surface area contributed by atoms with Crippen molar-refractivity contribution in [1.82, 2.24) is 0 Å². The number of benzene rings is 1. The highest BCUT2D eigenvalue weighted by Crippen LogP contribution is 2.32. The number of ether oxygens (including phenoxy) is 1. The Hall–Kier alpha value is -0.970. The SMILES string of the molecule is NCC1COC(=O)N1c1ccc(Cl)cc1Cl. The molecule has 0 saturated carbocycles. The van der Waals surface area contributed by atoms with Crippen molar-refractivity contribution in [3.8, 4) is 0 Å². The molecule has 0 aliphatic carbocycles. The van der Waals surface area contributed by atoms with Crippen LogP contribution in [-0.4, -0.2) is 25.3 Å². The summed E-state index contributed by atoms with van der Waals surface area (Å²) in [5.41, 5.74) is 6.13. The zero-order chi connectivity index (χ0) is 11.7. The number of hydrogen-bond acceptors (Lipinski definition) is 3. The van der Waals surface area contributed by atoms with E-state index in [9.17, 15) is 4.79 Å². The summed E-state index contributed by atoms with van der Waals surface area (Å²) in [5.74, 6) is 0. The first-order valence-corrected chi connectivity index (χ1v) is 5.50. The van der Waals surface area contributed by atoms with E-state index < -0.39 is 6.09 Å². The molecule has 1 aliphatic heterocycles. The second-order valence-corrected chi connectivity index (χ2v) is 4.28. The monoisotopic (exact) mass is 260 g/mol. The molecule has 0 radical (unpaired) electrons. The van der Waals surface area contributed by atoms with Crippen LogP contribution in [0.15, 0.2) is 18.2 Å². The van der Waals surface area contributed by atoms with Crippen LogP contribution in [0.3, 0.4) is 0 Å². The molecule has 86 valence electrons. The van der Waals surface area contributed by atoms with Gasteiger partial charge in [0, 0.05) is 11.6 Å². The lowest BCUT2D eigenvalue weighted by Crippen LogP contribution is -2.39. The van der Waals surface area contributed by atoms with Gasteiger partial charge in [0.15, 0.2) is 0 Å². The Kier molecular flexibility index (Phi) is 3.23. The molecule has 16 heavy (non-hydrogen) atoms. The maximum Gasteiger partial charge on any atom is 0.414 e. The van der Waals surface area contributed by atoms with Crippen molar-refractivity contribution in [2.24, 2.45) is 5.73 Å². The lowest BCUT2D eigenvalue weighted by Gasteiger charge is -2.21. The van der Waals surface area contributed by atoms with Gasteiger partial charge in [0.25, 0.3) is 0 Å². The van der Waals surface area contributed by atoms with Crippen molar-refractivity contribution in [1.29, 1.82) is 0 Å². The highest BCUT2D eigenvalue weighted by molar-refractivity contribution is 6.36. The number of amides is 1. The zero-order valence-corrected chi connectivity index (χ0v) is 9.83. The Morgan fingerprint density at radius 3 is 2.88 bits per heavy atom. The highest BCUT2D eigenvalue weighted by Gasteiger charge is 2.34. The smallest absolute Gasteiger partial charge is 0.414 e. The number of nitrogens with two attached hydrogens (primary N) is 1. The van der Waals surface area contributed by atoms with Gasteiger partial charge in [-0.1, -0.05) is 23.2 Å². The summed E-state index contributed by atoms with van der Waals surface area (Å²) in [6, 6.07) is 4.76. The van der Waals surface area contributed by atoms with Gasteiger partial charge in [0.05, 0.1) is 16.8 Å². The molecule has 1 heterocycles. The van der Waals surface area contributed by atoms with Crippen LogP contribution >= 0.6 is 23.2 Å². The van der Waals surface area contributed by atoms with E-state index in [0.29, 0.717) is 22.3 Å². The van der Waals surface area contributed by atoms with Crippen LogP contribution in [0, 0.1) is 0 Å². The Balaban J connectivity index is 2.38. The third kappa shape index (κ3) is 1.96. The molecule has 0 bridgehead atoms. The van der Waals surface area contributed by atoms with E-state index in [1.807, 2.05) is 0 Å². The molecule has 1 aromatic rings. The summed E-state index contributed by atoms with van der Waals surface area (Å²) in [5, 5.41) is 0.926. The predicted molar refractivity (Wildman–Crippen MR) is 63.1 cm³/mol. The number of cyclic esters (lactones) is 1. The van der Waals surface area contributed by atoms with Crippen LogP contribution in [-0.2, 0) is 4.74 Å². The van der Waals surface area contributed by atoms with Crippen LogP contribution in [0.25, 0.3) is 0 Å². The molecule has 1 amide bonds. The summed E-state index contributed by atoms with van der Waals surface area (Å²) < 4.78 is 4.92. The van der Waals surface area contributed by atoms with Gasteiger partial charge in [-0.25, -0.2) is 4.79 Å². The first kappa shape index (κ1) is 11.5. The predicted octanol–water partition coefficient (Wildman–Crippen LogP) is 2.28. The number of anilines is 1. The summed E-state index contributed by atoms with van der Waals surface area (Å²) in [7, 11) is 0. The van der Waals surface area contributed by atoms with Crippen LogP contribution < -0.4 is 10.6 Å². The van der Waals surface area contributed by atoms with Crippen LogP contribution in [0.5, 0.6) is 0 Å². The van der Waals surface area contributed by atoms with Gasteiger partial charge in [-0.2, -0.15) is 0 Å². The fraction of sp³-hybridized carbons (Fsp3) is 0.300. The summed E-state index contributed by atoms with van der Waals surface area (Å²) >= 11 is 11.8. The van der Waals surface area contributed by atoms with E-state index in [4.69, 9.17) is 33.7 Å². The quantitative estimate of drug-likeness (QED) is 0.888. The fourth-order valence-electron chi connectivity index (χ4n) is 1.61.